The number of rotatable bonds is 4. The summed E-state index contributed by atoms with van der Waals surface area (Å²) in [5, 5.41) is 9.01. The molecular weight excluding hydrogens is 252 g/mol. The van der Waals surface area contributed by atoms with Crippen LogP contribution in [0.5, 0.6) is 0 Å². The number of carbonyl (C=O) groups excluding carboxylic acids is 1. The van der Waals surface area contributed by atoms with E-state index in [4.69, 9.17) is 9.52 Å². The fraction of sp³-hybridized carbons (Fsp3) is 0.154. The number of carboxylic acids is 1. The molecule has 19 heavy (non-hydrogen) atoms. The van der Waals surface area contributed by atoms with Crippen molar-refractivity contribution >= 4 is 22.9 Å². The molecule has 0 bridgehead atoms. The second-order valence-electron chi connectivity index (χ2n) is 3.77. The molecule has 0 fully saturated rings. The van der Waals surface area contributed by atoms with E-state index < -0.39 is 17.6 Å². The van der Waals surface area contributed by atoms with Crippen molar-refractivity contribution in [3.63, 3.8) is 0 Å². The van der Waals surface area contributed by atoms with Crippen molar-refractivity contribution in [2.45, 2.75) is 6.42 Å². The Hall–Kier alpha value is -2.63. The normalized spacial score (nSPS) is 10.3. The number of carbonyl (C=O) groups is 2. The zero-order valence-electron chi connectivity index (χ0n) is 9.79. The lowest BCUT2D eigenvalue weighted by molar-refractivity contribution is -0.137. The van der Waals surface area contributed by atoms with Crippen molar-refractivity contribution in [2.24, 2.45) is 0 Å². The van der Waals surface area contributed by atoms with Crippen LogP contribution in [0.15, 0.2) is 39.5 Å². The Balaban J connectivity index is 2.24. The molecule has 0 amide bonds. The van der Waals surface area contributed by atoms with Crippen LogP contribution in [0.3, 0.4) is 0 Å². The molecule has 2 aromatic rings. The first kappa shape index (κ1) is 12.8. The van der Waals surface area contributed by atoms with Gasteiger partial charge in [0.25, 0.3) is 0 Å². The summed E-state index contributed by atoms with van der Waals surface area (Å²) < 4.78 is 9.66. The lowest BCUT2D eigenvalue weighted by atomic mass is 10.2. The van der Waals surface area contributed by atoms with E-state index in [1.165, 1.54) is 6.07 Å². The van der Waals surface area contributed by atoms with E-state index in [9.17, 15) is 14.4 Å². The van der Waals surface area contributed by atoms with Crippen molar-refractivity contribution in [3.8, 4) is 0 Å². The van der Waals surface area contributed by atoms with Crippen LogP contribution < -0.4 is 5.63 Å². The number of aliphatic carboxylic acids is 1. The molecule has 0 unspecified atom stereocenters. The van der Waals surface area contributed by atoms with Crippen molar-refractivity contribution in [3.05, 3.63) is 46.3 Å². The average Bonchev–Trinajstić information content (AvgIpc) is 2.37. The van der Waals surface area contributed by atoms with E-state index in [1.54, 1.807) is 24.3 Å². The molecule has 0 aliphatic rings. The third kappa shape index (κ3) is 2.98. The van der Waals surface area contributed by atoms with Crippen LogP contribution in [0, 0.1) is 0 Å². The first-order valence-corrected chi connectivity index (χ1v) is 5.50. The monoisotopic (exact) mass is 262 g/mol. The molecule has 0 saturated heterocycles. The van der Waals surface area contributed by atoms with Crippen molar-refractivity contribution in [1.82, 2.24) is 0 Å². The maximum atomic E-state index is 11.6. The Morgan fingerprint density at radius 2 is 2.00 bits per heavy atom. The SMILES string of the molecule is O=C(O)CCOC(=O)c1cc2ccccc2oc1=O. The number of benzene rings is 1. The van der Waals surface area contributed by atoms with Gasteiger partial charge in [0.1, 0.15) is 17.8 Å². The Labute approximate surface area is 107 Å². The fourth-order valence-electron chi connectivity index (χ4n) is 1.51. The lowest BCUT2D eigenvalue weighted by Gasteiger charge is -2.03. The van der Waals surface area contributed by atoms with Crippen LogP contribution in [0.4, 0.5) is 0 Å². The van der Waals surface area contributed by atoms with Crippen molar-refractivity contribution < 1.29 is 23.8 Å². The van der Waals surface area contributed by atoms with Gasteiger partial charge < -0.3 is 14.3 Å². The standard InChI is InChI=1S/C13H10O6/c14-11(15)5-6-18-12(16)9-7-8-3-1-2-4-10(8)19-13(9)17/h1-4,7H,5-6H2,(H,14,15). The van der Waals surface area contributed by atoms with E-state index in [0.717, 1.165) is 0 Å². The second kappa shape index (κ2) is 5.34. The first-order valence-electron chi connectivity index (χ1n) is 5.50. The number of carboxylic acid groups (broad SMARTS) is 1. The molecule has 6 nitrogen and oxygen atoms in total. The minimum Gasteiger partial charge on any atom is -0.481 e. The number of fused-ring (bicyclic) bond motifs is 1. The van der Waals surface area contributed by atoms with Gasteiger partial charge in [0.05, 0.1) is 6.42 Å². The summed E-state index contributed by atoms with van der Waals surface area (Å²) in [4.78, 5) is 33.5. The lowest BCUT2D eigenvalue weighted by Crippen LogP contribution is -2.17. The highest BCUT2D eigenvalue weighted by molar-refractivity contribution is 5.92. The summed E-state index contributed by atoms with van der Waals surface area (Å²) in [6.07, 6.45) is -0.315. The van der Waals surface area contributed by atoms with Crippen LogP contribution >= 0.6 is 0 Å². The third-order valence-corrected chi connectivity index (χ3v) is 2.41. The van der Waals surface area contributed by atoms with Gasteiger partial charge in [-0.3, -0.25) is 4.79 Å². The number of hydrogen-bond acceptors (Lipinski definition) is 5. The Morgan fingerprint density at radius 3 is 2.74 bits per heavy atom. The molecule has 2 rings (SSSR count). The molecule has 0 saturated carbocycles. The topological polar surface area (TPSA) is 93.8 Å². The highest BCUT2D eigenvalue weighted by atomic mass is 16.5. The molecule has 0 spiro atoms. The summed E-state index contributed by atoms with van der Waals surface area (Å²) in [7, 11) is 0. The number of esters is 1. The summed E-state index contributed by atoms with van der Waals surface area (Å²) >= 11 is 0. The predicted molar refractivity (Wildman–Crippen MR) is 65.0 cm³/mol. The predicted octanol–water partition coefficient (Wildman–Crippen LogP) is 1.42. The van der Waals surface area contributed by atoms with Gasteiger partial charge in [-0.15, -0.1) is 0 Å². The van der Waals surface area contributed by atoms with Crippen LogP contribution in [-0.2, 0) is 9.53 Å². The summed E-state index contributed by atoms with van der Waals surface area (Å²) in [5.41, 5.74) is -0.683. The summed E-state index contributed by atoms with van der Waals surface area (Å²) in [5.74, 6) is -1.97. The molecule has 1 heterocycles. The Bertz CT molecular complexity index is 685. The third-order valence-electron chi connectivity index (χ3n) is 2.41. The van der Waals surface area contributed by atoms with Crippen LogP contribution in [0.25, 0.3) is 11.0 Å². The average molecular weight is 262 g/mol. The molecule has 0 aliphatic carbocycles. The highest BCUT2D eigenvalue weighted by Crippen LogP contribution is 2.13. The van der Waals surface area contributed by atoms with Gasteiger partial charge in [0.15, 0.2) is 0 Å². The maximum Gasteiger partial charge on any atom is 0.351 e. The summed E-state index contributed by atoms with van der Waals surface area (Å²) in [6.45, 7) is -0.291. The summed E-state index contributed by atoms with van der Waals surface area (Å²) in [6, 6.07) is 8.10. The molecule has 0 radical (unpaired) electrons. The quantitative estimate of drug-likeness (QED) is 0.661. The van der Waals surface area contributed by atoms with Gasteiger partial charge in [0, 0.05) is 5.39 Å². The first-order chi connectivity index (χ1) is 9.08. The molecule has 1 N–H and O–H groups in total. The van der Waals surface area contributed by atoms with Gasteiger partial charge in [-0.1, -0.05) is 18.2 Å². The number of hydrogen-bond donors (Lipinski definition) is 1. The molecule has 98 valence electrons. The van der Waals surface area contributed by atoms with Gasteiger partial charge in [-0.05, 0) is 12.1 Å². The zero-order valence-corrected chi connectivity index (χ0v) is 9.79. The van der Waals surface area contributed by atoms with Crippen LogP contribution in [0.2, 0.25) is 0 Å². The highest BCUT2D eigenvalue weighted by Gasteiger charge is 2.15. The van der Waals surface area contributed by atoms with Crippen molar-refractivity contribution in [2.75, 3.05) is 6.61 Å². The number of ether oxygens (including phenoxy) is 1. The second-order valence-corrected chi connectivity index (χ2v) is 3.77. The molecule has 0 aliphatic heterocycles. The Morgan fingerprint density at radius 1 is 1.26 bits per heavy atom. The minimum absolute atomic E-state index is 0.246. The van der Waals surface area contributed by atoms with E-state index in [2.05, 4.69) is 4.74 Å². The minimum atomic E-state index is -1.08. The van der Waals surface area contributed by atoms with E-state index in [0.29, 0.717) is 11.0 Å². The van der Waals surface area contributed by atoms with Gasteiger partial charge in [-0.25, -0.2) is 9.59 Å². The Kier molecular flexibility index (Phi) is 3.61. The van der Waals surface area contributed by atoms with E-state index in [-0.39, 0.29) is 18.6 Å². The van der Waals surface area contributed by atoms with Crippen LogP contribution in [-0.4, -0.2) is 23.7 Å². The zero-order chi connectivity index (χ0) is 13.8. The molecule has 1 aromatic carbocycles. The van der Waals surface area contributed by atoms with E-state index in [1.807, 2.05) is 0 Å². The molecule has 1 aromatic heterocycles. The number of para-hydroxylation sites is 1. The maximum absolute atomic E-state index is 11.6. The van der Waals surface area contributed by atoms with Gasteiger partial charge >= 0.3 is 17.6 Å². The van der Waals surface area contributed by atoms with Crippen LogP contribution in [0.1, 0.15) is 16.8 Å². The van der Waals surface area contributed by atoms with Gasteiger partial charge in [0.2, 0.25) is 0 Å². The van der Waals surface area contributed by atoms with E-state index >= 15 is 0 Å². The smallest absolute Gasteiger partial charge is 0.351 e. The largest absolute Gasteiger partial charge is 0.481 e. The molecule has 0 atom stereocenters. The van der Waals surface area contributed by atoms with Gasteiger partial charge in [-0.2, -0.15) is 0 Å². The van der Waals surface area contributed by atoms with Crippen molar-refractivity contribution in [1.29, 1.82) is 0 Å². The molecule has 6 heteroatoms. The molecular formula is C13H10O6. The fourth-order valence-corrected chi connectivity index (χ4v) is 1.51.